The molecule has 12 heavy (non-hydrogen) atoms. The van der Waals surface area contributed by atoms with Crippen LogP contribution in [0, 0.1) is 9.81 Å². The van der Waals surface area contributed by atoms with Crippen molar-refractivity contribution in [3.8, 4) is 0 Å². The van der Waals surface area contributed by atoms with Gasteiger partial charge in [-0.25, -0.2) is 0 Å². The highest BCUT2D eigenvalue weighted by Crippen LogP contribution is 2.22. The number of hydrogen-bond acceptors (Lipinski definition) is 4. The predicted molar refractivity (Wildman–Crippen MR) is 46.7 cm³/mol. The van der Waals surface area contributed by atoms with Gasteiger partial charge in [-0.05, 0) is 25.0 Å². The fraction of sp³-hybridized carbons (Fsp3) is 0.500. The van der Waals surface area contributed by atoms with Gasteiger partial charge >= 0.3 is 0 Å². The fourth-order valence-corrected chi connectivity index (χ4v) is 1.36. The van der Waals surface area contributed by atoms with Gasteiger partial charge in [0.25, 0.3) is 0 Å². The maximum absolute atomic E-state index is 10.3. The van der Waals surface area contributed by atoms with Gasteiger partial charge in [0, 0.05) is 0 Å². The van der Waals surface area contributed by atoms with Crippen molar-refractivity contribution in [2.45, 2.75) is 25.9 Å². The van der Waals surface area contributed by atoms with Crippen molar-refractivity contribution in [1.82, 2.24) is 0 Å². The summed E-state index contributed by atoms with van der Waals surface area (Å²) >= 11 is 0. The third kappa shape index (κ3) is 1.47. The minimum absolute atomic E-state index is 0.400. The predicted octanol–water partition coefficient (Wildman–Crippen LogP) is 2.16. The van der Waals surface area contributed by atoms with Gasteiger partial charge in [0.2, 0.25) is 0 Å². The molecule has 1 rings (SSSR count). The Bertz CT molecular complexity index is 248. The van der Waals surface area contributed by atoms with Gasteiger partial charge in [0.15, 0.2) is 0 Å². The molecule has 1 aliphatic carbocycles. The maximum atomic E-state index is 10.3. The molecule has 0 aromatic rings. The summed E-state index contributed by atoms with van der Waals surface area (Å²) in [6, 6.07) is -0.828. The van der Waals surface area contributed by atoms with Crippen molar-refractivity contribution in [2.75, 3.05) is 0 Å². The van der Waals surface area contributed by atoms with Gasteiger partial charge in [-0.1, -0.05) is 22.5 Å². The van der Waals surface area contributed by atoms with E-state index < -0.39 is 12.1 Å². The van der Waals surface area contributed by atoms with Crippen LogP contribution < -0.4 is 0 Å². The van der Waals surface area contributed by atoms with Crippen LogP contribution in [0.3, 0.4) is 0 Å². The first-order chi connectivity index (χ1) is 5.69. The molecule has 0 unspecified atom stereocenters. The van der Waals surface area contributed by atoms with E-state index in [0.29, 0.717) is 0 Å². The average molecular weight is 166 g/mol. The highest BCUT2D eigenvalue weighted by Gasteiger charge is 2.20. The lowest BCUT2D eigenvalue weighted by Gasteiger charge is -2.16. The Morgan fingerprint density at radius 1 is 1.08 bits per heavy atom. The van der Waals surface area contributed by atoms with E-state index in [-0.39, 0.29) is 0 Å². The van der Waals surface area contributed by atoms with Gasteiger partial charge in [-0.3, -0.25) is 0 Å². The van der Waals surface area contributed by atoms with E-state index in [0.717, 1.165) is 11.1 Å². The summed E-state index contributed by atoms with van der Waals surface area (Å²) in [6.07, 6.45) is 3.32. The molecule has 0 amide bonds. The first kappa shape index (κ1) is 8.77. The van der Waals surface area contributed by atoms with Crippen molar-refractivity contribution in [2.24, 2.45) is 10.4 Å². The maximum Gasteiger partial charge on any atom is 0.134 e. The van der Waals surface area contributed by atoms with Gasteiger partial charge < -0.3 is 0 Å². The summed E-state index contributed by atoms with van der Waals surface area (Å²) in [6.45, 7) is 3.56. The molecule has 4 nitrogen and oxygen atoms in total. The molecule has 0 heterocycles. The van der Waals surface area contributed by atoms with Crippen molar-refractivity contribution >= 4 is 0 Å². The zero-order chi connectivity index (χ0) is 9.14. The lowest BCUT2D eigenvalue weighted by atomic mass is 9.93. The summed E-state index contributed by atoms with van der Waals surface area (Å²) < 4.78 is 0. The quantitative estimate of drug-likeness (QED) is 0.466. The number of nitrogens with zero attached hydrogens (tertiary/aromatic N) is 2. The molecular formula is C8H10N2O2. The van der Waals surface area contributed by atoms with Crippen LogP contribution in [0.4, 0.5) is 0 Å². The van der Waals surface area contributed by atoms with Gasteiger partial charge in [-0.2, -0.15) is 0 Å². The standard InChI is InChI=1S/C8H10N2O2/c1-5-3-7(9-11)4-6(2)8(5)10-12/h3-4,7-8H,1-2H3. The SMILES string of the molecule is CC1=CC(N=O)C=C(C)C1N=O. The van der Waals surface area contributed by atoms with Crippen molar-refractivity contribution in [3.05, 3.63) is 33.1 Å². The molecule has 0 atom stereocenters. The van der Waals surface area contributed by atoms with Crippen LogP contribution in [0.2, 0.25) is 0 Å². The van der Waals surface area contributed by atoms with E-state index in [2.05, 4.69) is 10.4 Å². The highest BCUT2D eigenvalue weighted by atomic mass is 16.3. The molecule has 0 saturated heterocycles. The van der Waals surface area contributed by atoms with Gasteiger partial charge in [0.05, 0.1) is 0 Å². The van der Waals surface area contributed by atoms with Crippen LogP contribution in [0.15, 0.2) is 33.7 Å². The van der Waals surface area contributed by atoms with E-state index in [1.54, 1.807) is 26.0 Å². The first-order valence-electron chi connectivity index (χ1n) is 3.70. The van der Waals surface area contributed by atoms with Crippen LogP contribution in [0.25, 0.3) is 0 Å². The molecule has 0 bridgehead atoms. The molecule has 1 aliphatic rings. The largest absolute Gasteiger partial charge is 0.150 e. The zero-order valence-corrected chi connectivity index (χ0v) is 7.02. The lowest BCUT2D eigenvalue weighted by molar-refractivity contribution is 0.811. The normalized spacial score (nSPS) is 28.8. The number of nitroso groups, excluding NO2 is 2. The molecule has 0 fully saturated rings. The summed E-state index contributed by atoms with van der Waals surface area (Å²) in [5, 5.41) is 5.82. The fourth-order valence-electron chi connectivity index (χ4n) is 1.36. The first-order valence-corrected chi connectivity index (χ1v) is 3.70. The van der Waals surface area contributed by atoms with Crippen LogP contribution in [-0.4, -0.2) is 12.1 Å². The van der Waals surface area contributed by atoms with Crippen LogP contribution in [-0.2, 0) is 0 Å². The van der Waals surface area contributed by atoms with Crippen molar-refractivity contribution in [3.63, 3.8) is 0 Å². The highest BCUT2D eigenvalue weighted by molar-refractivity contribution is 5.33. The molecular weight excluding hydrogens is 156 g/mol. The molecule has 0 aromatic carbocycles. The third-order valence-corrected chi connectivity index (χ3v) is 1.96. The molecule has 0 N–H and O–H groups in total. The van der Waals surface area contributed by atoms with E-state index in [1.807, 2.05) is 0 Å². The molecule has 0 aromatic heterocycles. The second-order valence-corrected chi connectivity index (χ2v) is 2.93. The summed E-state index contributed by atoms with van der Waals surface area (Å²) in [5.74, 6) is 0. The van der Waals surface area contributed by atoms with Crippen LogP contribution in [0.1, 0.15) is 13.8 Å². The molecule has 0 saturated carbocycles. The van der Waals surface area contributed by atoms with E-state index in [9.17, 15) is 9.81 Å². The van der Waals surface area contributed by atoms with E-state index in [4.69, 9.17) is 0 Å². The smallest absolute Gasteiger partial charge is 0.134 e. The van der Waals surface area contributed by atoms with E-state index in [1.165, 1.54) is 0 Å². The Balaban J connectivity index is 2.94. The van der Waals surface area contributed by atoms with Gasteiger partial charge in [0.1, 0.15) is 12.1 Å². The average Bonchev–Trinajstić information content (AvgIpc) is 2.03. The Labute approximate surface area is 70.3 Å². The summed E-state index contributed by atoms with van der Waals surface area (Å²) in [7, 11) is 0. The second kappa shape index (κ2) is 3.38. The number of rotatable bonds is 2. The molecule has 0 spiro atoms. The Hall–Kier alpha value is -1.32. The molecule has 4 heteroatoms. The summed E-state index contributed by atoms with van der Waals surface area (Å²) in [5.41, 5.74) is 1.60. The van der Waals surface area contributed by atoms with Crippen LogP contribution in [0.5, 0.6) is 0 Å². The minimum atomic E-state index is -0.428. The van der Waals surface area contributed by atoms with Crippen molar-refractivity contribution < 1.29 is 0 Å². The second-order valence-electron chi connectivity index (χ2n) is 2.93. The Morgan fingerprint density at radius 2 is 1.58 bits per heavy atom. The minimum Gasteiger partial charge on any atom is -0.150 e. The van der Waals surface area contributed by atoms with Gasteiger partial charge in [-0.15, -0.1) is 9.81 Å². The van der Waals surface area contributed by atoms with Crippen molar-refractivity contribution in [1.29, 1.82) is 0 Å². The Kier molecular flexibility index (Phi) is 2.47. The summed E-state index contributed by atoms with van der Waals surface area (Å²) in [4.78, 5) is 20.5. The zero-order valence-electron chi connectivity index (χ0n) is 7.02. The monoisotopic (exact) mass is 166 g/mol. The molecule has 64 valence electrons. The third-order valence-electron chi connectivity index (χ3n) is 1.96. The Morgan fingerprint density at radius 3 is 1.92 bits per heavy atom. The topological polar surface area (TPSA) is 58.9 Å². The lowest BCUT2D eigenvalue weighted by Crippen LogP contribution is -2.15. The molecule has 0 radical (unpaired) electrons. The van der Waals surface area contributed by atoms with E-state index >= 15 is 0 Å². The number of hydrogen-bond donors (Lipinski definition) is 0. The molecule has 0 aliphatic heterocycles. The van der Waals surface area contributed by atoms with Crippen LogP contribution >= 0.6 is 0 Å².